The topological polar surface area (TPSA) is 98.5 Å². The van der Waals surface area contributed by atoms with Gasteiger partial charge in [-0.3, -0.25) is 9.59 Å². The van der Waals surface area contributed by atoms with Gasteiger partial charge in [0.15, 0.2) is 6.10 Å². The van der Waals surface area contributed by atoms with Gasteiger partial charge in [-0.15, -0.1) is 0 Å². The second-order valence-electron chi connectivity index (χ2n) is 6.36. The quantitative estimate of drug-likeness (QED) is 0.518. The molecule has 0 heterocycles. The van der Waals surface area contributed by atoms with Crippen LogP contribution in [0.5, 0.6) is 0 Å². The van der Waals surface area contributed by atoms with Gasteiger partial charge in [-0.1, -0.05) is 54.9 Å². The number of hydrogen-bond acceptors (Lipinski definition) is 4. The van der Waals surface area contributed by atoms with E-state index in [0.29, 0.717) is 16.1 Å². The fraction of sp³-hybridized carbons (Fsp3) is 0.286. The number of halogens is 1. The molecule has 0 aromatic heterocycles. The van der Waals surface area contributed by atoms with Gasteiger partial charge in [0.1, 0.15) is 0 Å². The van der Waals surface area contributed by atoms with Crippen LogP contribution in [0.25, 0.3) is 0 Å². The average molecular weight is 403 g/mol. The molecule has 2 unspecified atom stereocenters. The van der Waals surface area contributed by atoms with Crippen molar-refractivity contribution in [3.63, 3.8) is 0 Å². The van der Waals surface area contributed by atoms with E-state index in [9.17, 15) is 14.4 Å². The van der Waals surface area contributed by atoms with Gasteiger partial charge in [0, 0.05) is 10.6 Å². The summed E-state index contributed by atoms with van der Waals surface area (Å²) >= 11 is 5.87. The number of esters is 1. The lowest BCUT2D eigenvalue weighted by molar-refractivity contribution is -0.146. The minimum atomic E-state index is -0.945. The molecule has 148 valence electrons. The first-order valence-corrected chi connectivity index (χ1v) is 9.32. The number of carbonyl (C=O) groups is 3. The standard InChI is InChI=1S/C21H23ClN2O4/c1-3-14-4-6-16(7-5-14)20(26)13(2)28-19(25)12-18(24-21(23)27)15-8-10-17(22)11-9-15/h4-11,13,18H,3,12H2,1-2H3,(H3,23,24,27). The summed E-state index contributed by atoms with van der Waals surface area (Å²) in [5, 5.41) is 3.03. The van der Waals surface area contributed by atoms with Crippen molar-refractivity contribution in [3.8, 4) is 0 Å². The summed E-state index contributed by atoms with van der Waals surface area (Å²) in [6, 6.07) is 12.4. The van der Waals surface area contributed by atoms with Crippen LogP contribution < -0.4 is 11.1 Å². The van der Waals surface area contributed by atoms with Crippen LogP contribution in [0, 0.1) is 0 Å². The molecule has 0 fully saturated rings. The van der Waals surface area contributed by atoms with E-state index in [2.05, 4.69) is 5.32 Å². The summed E-state index contributed by atoms with van der Waals surface area (Å²) in [7, 11) is 0. The molecule has 0 aliphatic rings. The highest BCUT2D eigenvalue weighted by atomic mass is 35.5. The first-order chi connectivity index (χ1) is 13.3. The monoisotopic (exact) mass is 402 g/mol. The first-order valence-electron chi connectivity index (χ1n) is 8.94. The van der Waals surface area contributed by atoms with Crippen LogP contribution >= 0.6 is 11.6 Å². The molecule has 2 aromatic rings. The zero-order valence-corrected chi connectivity index (χ0v) is 16.5. The largest absolute Gasteiger partial charge is 0.454 e. The Labute approximate surface area is 169 Å². The maximum absolute atomic E-state index is 12.5. The SMILES string of the molecule is CCc1ccc(C(=O)C(C)OC(=O)CC(NC(N)=O)c2ccc(Cl)cc2)cc1. The molecule has 2 rings (SSSR count). The van der Waals surface area contributed by atoms with Crippen molar-refractivity contribution >= 4 is 29.4 Å². The van der Waals surface area contributed by atoms with E-state index >= 15 is 0 Å². The molecule has 2 amide bonds. The van der Waals surface area contributed by atoms with E-state index in [1.165, 1.54) is 6.92 Å². The van der Waals surface area contributed by atoms with Gasteiger partial charge in [0.05, 0.1) is 12.5 Å². The third-order valence-electron chi connectivity index (χ3n) is 4.28. The van der Waals surface area contributed by atoms with Gasteiger partial charge >= 0.3 is 12.0 Å². The maximum atomic E-state index is 12.5. The minimum Gasteiger partial charge on any atom is -0.454 e. The average Bonchev–Trinajstić information content (AvgIpc) is 2.67. The second-order valence-corrected chi connectivity index (χ2v) is 6.80. The highest BCUT2D eigenvalue weighted by Crippen LogP contribution is 2.20. The lowest BCUT2D eigenvalue weighted by Crippen LogP contribution is -2.35. The van der Waals surface area contributed by atoms with Crippen LogP contribution in [-0.2, 0) is 16.0 Å². The molecule has 2 atom stereocenters. The number of primary amides is 1. The molecule has 0 aliphatic carbocycles. The van der Waals surface area contributed by atoms with Crippen LogP contribution in [0.2, 0.25) is 5.02 Å². The molecule has 0 radical (unpaired) electrons. The van der Waals surface area contributed by atoms with Crippen molar-refractivity contribution in [1.29, 1.82) is 0 Å². The van der Waals surface area contributed by atoms with Crippen LogP contribution in [0.15, 0.2) is 48.5 Å². The number of nitrogens with one attached hydrogen (secondary N) is 1. The second kappa shape index (κ2) is 9.90. The van der Waals surface area contributed by atoms with Crippen molar-refractivity contribution < 1.29 is 19.1 Å². The molecule has 0 saturated carbocycles. The van der Waals surface area contributed by atoms with Gasteiger partial charge in [-0.05, 0) is 36.6 Å². The van der Waals surface area contributed by atoms with Crippen molar-refractivity contribution in [2.45, 2.75) is 38.8 Å². The predicted molar refractivity (Wildman–Crippen MR) is 107 cm³/mol. The Kier molecular flexibility index (Phi) is 7.58. The normalized spacial score (nSPS) is 12.7. The highest BCUT2D eigenvalue weighted by molar-refractivity contribution is 6.30. The number of nitrogens with two attached hydrogens (primary N) is 1. The molecule has 3 N–H and O–H groups in total. The third-order valence-corrected chi connectivity index (χ3v) is 4.54. The summed E-state index contributed by atoms with van der Waals surface area (Å²) < 4.78 is 5.27. The Hall–Kier alpha value is -2.86. The number of Topliss-reactive ketones (excluding diaryl/α,β-unsaturated/α-hetero) is 1. The fourth-order valence-electron chi connectivity index (χ4n) is 2.72. The number of urea groups is 1. The highest BCUT2D eigenvalue weighted by Gasteiger charge is 2.23. The zero-order valence-electron chi connectivity index (χ0n) is 15.8. The van der Waals surface area contributed by atoms with Crippen molar-refractivity contribution in [2.24, 2.45) is 5.73 Å². The fourth-order valence-corrected chi connectivity index (χ4v) is 2.85. The van der Waals surface area contributed by atoms with Crippen LogP contribution in [0.4, 0.5) is 4.79 Å². The molecule has 0 aliphatic heterocycles. The van der Waals surface area contributed by atoms with Crippen molar-refractivity contribution in [3.05, 3.63) is 70.2 Å². The lowest BCUT2D eigenvalue weighted by atomic mass is 10.0. The van der Waals surface area contributed by atoms with E-state index in [1.807, 2.05) is 19.1 Å². The molecule has 0 saturated heterocycles. The van der Waals surface area contributed by atoms with E-state index in [0.717, 1.165) is 12.0 Å². The van der Waals surface area contributed by atoms with Gasteiger partial charge in [-0.25, -0.2) is 4.79 Å². The van der Waals surface area contributed by atoms with E-state index < -0.39 is 24.1 Å². The van der Waals surface area contributed by atoms with E-state index in [1.54, 1.807) is 36.4 Å². The van der Waals surface area contributed by atoms with Crippen LogP contribution in [0.1, 0.15) is 47.8 Å². The van der Waals surface area contributed by atoms with Crippen molar-refractivity contribution in [2.75, 3.05) is 0 Å². The number of hydrogen-bond donors (Lipinski definition) is 2. The molecular formula is C21H23ClN2O4. The Morgan fingerprint density at radius 1 is 1.07 bits per heavy atom. The Balaban J connectivity index is 2.02. The van der Waals surface area contributed by atoms with Gasteiger partial charge in [0.2, 0.25) is 5.78 Å². The molecule has 6 nitrogen and oxygen atoms in total. The zero-order chi connectivity index (χ0) is 20.7. The number of benzene rings is 2. The molecule has 0 spiro atoms. The number of ketones is 1. The van der Waals surface area contributed by atoms with Gasteiger partial charge < -0.3 is 15.8 Å². The van der Waals surface area contributed by atoms with Crippen LogP contribution in [-0.4, -0.2) is 23.9 Å². The molecular weight excluding hydrogens is 380 g/mol. The smallest absolute Gasteiger partial charge is 0.312 e. The van der Waals surface area contributed by atoms with E-state index in [4.69, 9.17) is 22.1 Å². The third kappa shape index (κ3) is 6.09. The lowest BCUT2D eigenvalue weighted by Gasteiger charge is -2.19. The number of ether oxygens (including phenoxy) is 1. The Morgan fingerprint density at radius 3 is 2.21 bits per heavy atom. The van der Waals surface area contributed by atoms with Crippen molar-refractivity contribution in [1.82, 2.24) is 5.32 Å². The predicted octanol–water partition coefficient (Wildman–Crippen LogP) is 3.82. The summed E-state index contributed by atoms with van der Waals surface area (Å²) in [4.78, 5) is 36.1. The number of rotatable bonds is 8. The van der Waals surface area contributed by atoms with Gasteiger partial charge in [0.25, 0.3) is 0 Å². The number of aryl methyl sites for hydroxylation is 1. The number of carbonyl (C=O) groups excluding carboxylic acids is 3. The molecule has 28 heavy (non-hydrogen) atoms. The Bertz CT molecular complexity index is 834. The summed E-state index contributed by atoms with van der Waals surface area (Å²) in [6.45, 7) is 3.55. The summed E-state index contributed by atoms with van der Waals surface area (Å²) in [5.74, 6) is -0.915. The Morgan fingerprint density at radius 2 is 1.68 bits per heavy atom. The molecule has 2 aromatic carbocycles. The maximum Gasteiger partial charge on any atom is 0.312 e. The summed E-state index contributed by atoms with van der Waals surface area (Å²) in [5.41, 5.74) is 7.44. The van der Waals surface area contributed by atoms with Gasteiger partial charge in [-0.2, -0.15) is 0 Å². The number of amides is 2. The molecule has 0 bridgehead atoms. The van der Waals surface area contributed by atoms with E-state index in [-0.39, 0.29) is 12.2 Å². The molecule has 7 heteroatoms. The first kappa shape index (κ1) is 21.4. The summed E-state index contributed by atoms with van der Waals surface area (Å²) in [6.07, 6.45) is -0.242. The minimum absolute atomic E-state index is 0.170. The van der Waals surface area contributed by atoms with Crippen LogP contribution in [0.3, 0.4) is 0 Å².